The van der Waals surface area contributed by atoms with Crippen molar-refractivity contribution in [1.29, 1.82) is 0 Å². The highest BCUT2D eigenvalue weighted by molar-refractivity contribution is 5.91. The molecule has 0 amide bonds. The molecule has 3 rings (SSSR count). The van der Waals surface area contributed by atoms with Gasteiger partial charge in [0.05, 0.1) is 0 Å². The molecule has 1 aliphatic rings. The van der Waals surface area contributed by atoms with Crippen LogP contribution in [0.3, 0.4) is 0 Å². The van der Waals surface area contributed by atoms with E-state index in [9.17, 15) is 8.78 Å². The van der Waals surface area contributed by atoms with Crippen LogP contribution in [-0.4, -0.2) is 0 Å². The van der Waals surface area contributed by atoms with Gasteiger partial charge in [0.25, 0.3) is 0 Å². The van der Waals surface area contributed by atoms with Crippen molar-refractivity contribution in [2.75, 3.05) is 0 Å². The number of benzene rings is 2. The molecule has 2 unspecified atom stereocenters. The average Bonchev–Trinajstić information content (AvgIpc) is 2.47. The zero-order chi connectivity index (χ0) is 9.71. The Morgan fingerprint density at radius 1 is 0.786 bits per heavy atom. The lowest BCUT2D eigenvalue weighted by atomic mass is 10.1. The van der Waals surface area contributed by atoms with Crippen molar-refractivity contribution in [3.63, 3.8) is 0 Å². The fraction of sp³-hybridized carbons (Fsp3) is 0.167. The Kier molecular flexibility index (Phi) is 1.43. The molecule has 1 aliphatic carbocycles. The molecule has 0 nitrogen and oxygen atoms in total. The van der Waals surface area contributed by atoms with E-state index < -0.39 is 12.3 Å². The summed E-state index contributed by atoms with van der Waals surface area (Å²) in [7, 11) is 0. The van der Waals surface area contributed by atoms with Gasteiger partial charge in [-0.2, -0.15) is 0 Å². The summed E-state index contributed by atoms with van der Waals surface area (Å²) >= 11 is 0. The lowest BCUT2D eigenvalue weighted by Crippen LogP contribution is -1.91. The minimum absolute atomic E-state index is 0.491. The van der Waals surface area contributed by atoms with Gasteiger partial charge in [0.1, 0.15) is 0 Å². The van der Waals surface area contributed by atoms with Crippen LogP contribution in [0, 0.1) is 0 Å². The molecule has 0 aromatic heterocycles. The number of alkyl halides is 2. The Labute approximate surface area is 80.2 Å². The molecule has 0 bridgehead atoms. The van der Waals surface area contributed by atoms with Crippen molar-refractivity contribution >= 4 is 10.8 Å². The zero-order valence-corrected chi connectivity index (χ0v) is 7.37. The number of rotatable bonds is 0. The fourth-order valence-corrected chi connectivity index (χ4v) is 2.17. The maximum atomic E-state index is 13.5. The SMILES string of the molecule is FC1c2cccc3cccc(c23)C1F. The van der Waals surface area contributed by atoms with E-state index in [0.717, 1.165) is 10.8 Å². The highest BCUT2D eigenvalue weighted by Gasteiger charge is 2.34. The summed E-state index contributed by atoms with van der Waals surface area (Å²) in [6.45, 7) is 0. The second-order valence-corrected chi connectivity index (χ2v) is 3.60. The molecule has 0 N–H and O–H groups in total. The van der Waals surface area contributed by atoms with E-state index in [2.05, 4.69) is 0 Å². The summed E-state index contributed by atoms with van der Waals surface area (Å²) in [5.74, 6) is 0. The minimum atomic E-state index is -1.49. The highest BCUT2D eigenvalue weighted by atomic mass is 19.2. The van der Waals surface area contributed by atoms with Crippen LogP contribution in [0.25, 0.3) is 10.8 Å². The summed E-state index contributed by atoms with van der Waals surface area (Å²) in [5.41, 5.74) is 0.983. The second-order valence-electron chi connectivity index (χ2n) is 3.60. The largest absolute Gasteiger partial charge is 0.239 e. The van der Waals surface area contributed by atoms with E-state index in [-0.39, 0.29) is 0 Å². The van der Waals surface area contributed by atoms with Crippen LogP contribution in [0.5, 0.6) is 0 Å². The van der Waals surface area contributed by atoms with Crippen LogP contribution >= 0.6 is 0 Å². The summed E-state index contributed by atoms with van der Waals surface area (Å²) < 4.78 is 27.0. The number of halogens is 2. The van der Waals surface area contributed by atoms with Gasteiger partial charge < -0.3 is 0 Å². The van der Waals surface area contributed by atoms with Crippen LogP contribution in [0.2, 0.25) is 0 Å². The molecule has 0 spiro atoms. The van der Waals surface area contributed by atoms with Crippen molar-refractivity contribution in [3.8, 4) is 0 Å². The molecule has 0 radical (unpaired) electrons. The van der Waals surface area contributed by atoms with Crippen LogP contribution < -0.4 is 0 Å². The maximum Gasteiger partial charge on any atom is 0.161 e. The smallest absolute Gasteiger partial charge is 0.161 e. The van der Waals surface area contributed by atoms with Crippen molar-refractivity contribution in [2.24, 2.45) is 0 Å². The van der Waals surface area contributed by atoms with Crippen molar-refractivity contribution in [3.05, 3.63) is 47.5 Å². The molecule has 0 saturated carbocycles. The van der Waals surface area contributed by atoms with E-state index in [1.165, 1.54) is 0 Å². The summed E-state index contributed by atoms with van der Waals surface area (Å²) in [6.07, 6.45) is -2.98. The molecule has 14 heavy (non-hydrogen) atoms. The van der Waals surface area contributed by atoms with Gasteiger partial charge in [-0.15, -0.1) is 0 Å². The number of hydrogen-bond donors (Lipinski definition) is 0. The van der Waals surface area contributed by atoms with Gasteiger partial charge in [0, 0.05) is 0 Å². The van der Waals surface area contributed by atoms with Gasteiger partial charge in [-0.05, 0) is 21.9 Å². The average molecular weight is 190 g/mol. The summed E-state index contributed by atoms with van der Waals surface area (Å²) in [4.78, 5) is 0. The molecule has 2 aromatic carbocycles. The Balaban J connectivity index is 2.49. The Bertz CT molecular complexity index is 462. The summed E-state index contributed by atoms with van der Waals surface area (Å²) in [6, 6.07) is 10.6. The first-order valence-electron chi connectivity index (χ1n) is 4.59. The van der Waals surface area contributed by atoms with E-state index in [1.807, 2.05) is 12.1 Å². The van der Waals surface area contributed by atoms with Gasteiger partial charge in [-0.1, -0.05) is 36.4 Å². The predicted octanol–water partition coefficient (Wildman–Crippen LogP) is 3.87. The molecule has 0 fully saturated rings. The summed E-state index contributed by atoms with van der Waals surface area (Å²) in [5, 5.41) is 1.68. The first-order valence-corrected chi connectivity index (χ1v) is 4.59. The first-order chi connectivity index (χ1) is 6.79. The van der Waals surface area contributed by atoms with Gasteiger partial charge in [-0.3, -0.25) is 0 Å². The van der Waals surface area contributed by atoms with Crippen molar-refractivity contribution in [2.45, 2.75) is 12.3 Å². The van der Waals surface area contributed by atoms with E-state index in [4.69, 9.17) is 0 Å². The molecule has 2 aromatic rings. The topological polar surface area (TPSA) is 0 Å². The molecular weight excluding hydrogens is 182 g/mol. The van der Waals surface area contributed by atoms with E-state index in [0.29, 0.717) is 11.1 Å². The van der Waals surface area contributed by atoms with Crippen LogP contribution in [-0.2, 0) is 0 Å². The highest BCUT2D eigenvalue weighted by Crippen LogP contribution is 2.47. The third kappa shape index (κ3) is 0.808. The van der Waals surface area contributed by atoms with Crippen LogP contribution in [0.4, 0.5) is 8.78 Å². The number of hydrogen-bond acceptors (Lipinski definition) is 0. The monoisotopic (exact) mass is 190 g/mol. The molecule has 2 atom stereocenters. The quantitative estimate of drug-likeness (QED) is 0.591. The molecule has 70 valence electrons. The van der Waals surface area contributed by atoms with Crippen molar-refractivity contribution < 1.29 is 8.78 Å². The van der Waals surface area contributed by atoms with Gasteiger partial charge in [0.2, 0.25) is 0 Å². The van der Waals surface area contributed by atoms with E-state index in [1.54, 1.807) is 24.3 Å². The van der Waals surface area contributed by atoms with Crippen LogP contribution in [0.15, 0.2) is 36.4 Å². The molecule has 0 aliphatic heterocycles. The predicted molar refractivity (Wildman–Crippen MR) is 51.6 cm³/mol. The molecular formula is C12H8F2. The van der Waals surface area contributed by atoms with Gasteiger partial charge >= 0.3 is 0 Å². The lowest BCUT2D eigenvalue weighted by molar-refractivity contribution is 0.182. The van der Waals surface area contributed by atoms with Crippen molar-refractivity contribution in [1.82, 2.24) is 0 Å². The van der Waals surface area contributed by atoms with Gasteiger partial charge in [-0.25, -0.2) is 8.78 Å². The Hall–Kier alpha value is -1.44. The minimum Gasteiger partial charge on any atom is -0.239 e. The Morgan fingerprint density at radius 2 is 1.29 bits per heavy atom. The first kappa shape index (κ1) is 7.92. The molecule has 0 saturated heterocycles. The van der Waals surface area contributed by atoms with E-state index >= 15 is 0 Å². The molecule has 0 heterocycles. The molecule has 2 heteroatoms. The van der Waals surface area contributed by atoms with Gasteiger partial charge in [0.15, 0.2) is 12.3 Å². The second kappa shape index (κ2) is 2.53. The fourth-order valence-electron chi connectivity index (χ4n) is 2.17. The Morgan fingerprint density at radius 3 is 1.79 bits per heavy atom. The van der Waals surface area contributed by atoms with Crippen LogP contribution in [0.1, 0.15) is 23.5 Å². The lowest BCUT2D eigenvalue weighted by Gasteiger charge is -2.02. The third-order valence-corrected chi connectivity index (χ3v) is 2.82. The third-order valence-electron chi connectivity index (χ3n) is 2.82. The maximum absolute atomic E-state index is 13.5. The standard InChI is InChI=1S/C12H8F2/c13-11-8-5-1-3-7-4-2-6-9(10(7)8)12(11)14/h1-6,11-12H. The zero-order valence-electron chi connectivity index (χ0n) is 7.37. The normalized spacial score (nSPS) is 24.4.